The van der Waals surface area contributed by atoms with E-state index in [0.717, 1.165) is 6.07 Å². The first kappa shape index (κ1) is 30.9. The summed E-state index contributed by atoms with van der Waals surface area (Å²) >= 11 is 0. The Hall–Kier alpha value is -4.06. The van der Waals surface area contributed by atoms with Gasteiger partial charge in [0.1, 0.15) is 11.9 Å². The summed E-state index contributed by atoms with van der Waals surface area (Å²) in [4.78, 5) is 26.0. The van der Waals surface area contributed by atoms with Crippen molar-refractivity contribution in [1.82, 2.24) is 0 Å². The molecule has 1 amide bonds. The van der Waals surface area contributed by atoms with Crippen molar-refractivity contribution in [1.29, 1.82) is 0 Å². The van der Waals surface area contributed by atoms with Crippen LogP contribution in [-0.2, 0) is 28.0 Å². The SMILES string of the molecule is C[C@H](C(=O)N1C[C@@H](Oc2ccc(CC(=O)O)cc2)CCc2cc(C(O)(C(F)(F)F)C(F)(F)F)ccc21)c1ccccc1. The van der Waals surface area contributed by atoms with Gasteiger partial charge in [0.15, 0.2) is 0 Å². The van der Waals surface area contributed by atoms with Crippen molar-refractivity contribution < 1.29 is 50.9 Å². The number of alkyl halides is 6. The number of carbonyl (C=O) groups excluding carboxylic acids is 1. The number of fused-ring (bicyclic) bond motifs is 1. The standard InChI is InChI=1S/C30H27F6NO5/c1-18(20-5-3-2-4-6-20)27(40)37-17-24(42-23-11-7-19(8-12-23)15-26(38)39)13-9-21-16-22(10-14-25(21)37)28(41,29(31,32)33)30(34,35)36/h2-8,10-12,14,16,18,24,41H,9,13,15,17H2,1H3,(H,38,39)/t18-,24-/m0/s1. The van der Waals surface area contributed by atoms with Gasteiger partial charge in [-0.25, -0.2) is 0 Å². The Morgan fingerprint density at radius 3 is 2.14 bits per heavy atom. The summed E-state index contributed by atoms with van der Waals surface area (Å²) in [6, 6.07) is 17.0. The Balaban J connectivity index is 1.72. The Morgan fingerprint density at radius 1 is 0.952 bits per heavy atom. The predicted octanol–water partition coefficient (Wildman–Crippen LogP) is 6.16. The zero-order valence-corrected chi connectivity index (χ0v) is 22.2. The minimum absolute atomic E-state index is 0.0101. The van der Waals surface area contributed by atoms with Crippen molar-refractivity contribution in [3.63, 3.8) is 0 Å². The van der Waals surface area contributed by atoms with E-state index in [1.54, 1.807) is 61.5 Å². The zero-order chi connectivity index (χ0) is 30.9. The molecule has 6 nitrogen and oxygen atoms in total. The van der Waals surface area contributed by atoms with Gasteiger partial charge in [-0.15, -0.1) is 0 Å². The summed E-state index contributed by atoms with van der Waals surface area (Å²) in [6.07, 6.45) is -13.0. The van der Waals surface area contributed by atoms with Crippen LogP contribution in [0.1, 0.15) is 41.5 Å². The summed E-state index contributed by atoms with van der Waals surface area (Å²) in [5.41, 5.74) is -5.22. The highest BCUT2D eigenvalue weighted by Crippen LogP contribution is 2.51. The van der Waals surface area contributed by atoms with Gasteiger partial charge in [-0.2, -0.15) is 26.3 Å². The molecule has 4 rings (SSSR count). The van der Waals surface area contributed by atoms with Crippen LogP contribution in [0.2, 0.25) is 0 Å². The van der Waals surface area contributed by atoms with Gasteiger partial charge in [-0.1, -0.05) is 54.6 Å². The lowest BCUT2D eigenvalue weighted by atomic mass is 9.89. The molecule has 0 fully saturated rings. The van der Waals surface area contributed by atoms with Gasteiger partial charge in [0.25, 0.3) is 5.60 Å². The summed E-state index contributed by atoms with van der Waals surface area (Å²) in [5, 5.41) is 18.9. The number of hydrogen-bond donors (Lipinski definition) is 2. The fourth-order valence-electron chi connectivity index (χ4n) is 4.95. The molecule has 0 radical (unpaired) electrons. The number of ether oxygens (including phenoxy) is 1. The molecule has 0 spiro atoms. The Labute approximate surface area is 237 Å². The number of amides is 1. The van der Waals surface area contributed by atoms with E-state index in [4.69, 9.17) is 9.84 Å². The Bertz CT molecular complexity index is 1410. The number of carbonyl (C=O) groups is 2. The number of aliphatic hydroxyl groups is 1. The lowest BCUT2D eigenvalue weighted by molar-refractivity contribution is -0.376. The van der Waals surface area contributed by atoms with Gasteiger partial charge >= 0.3 is 18.3 Å². The minimum Gasteiger partial charge on any atom is -0.489 e. The van der Waals surface area contributed by atoms with Gasteiger partial charge in [0.05, 0.1) is 18.9 Å². The van der Waals surface area contributed by atoms with Crippen molar-refractivity contribution >= 4 is 17.6 Å². The summed E-state index contributed by atoms with van der Waals surface area (Å²) in [6.45, 7) is 1.57. The topological polar surface area (TPSA) is 87.1 Å². The van der Waals surface area contributed by atoms with Gasteiger partial charge < -0.3 is 19.8 Å². The molecule has 0 saturated heterocycles. The highest BCUT2D eigenvalue weighted by Gasteiger charge is 2.71. The minimum atomic E-state index is -6.06. The molecule has 12 heteroatoms. The maximum absolute atomic E-state index is 13.8. The number of benzene rings is 3. The average Bonchev–Trinajstić information content (AvgIpc) is 3.11. The third-order valence-electron chi connectivity index (χ3n) is 7.25. The van der Waals surface area contributed by atoms with Crippen molar-refractivity contribution in [2.75, 3.05) is 11.4 Å². The van der Waals surface area contributed by atoms with E-state index in [1.165, 1.54) is 4.90 Å². The van der Waals surface area contributed by atoms with Crippen LogP contribution in [0.3, 0.4) is 0 Å². The molecule has 42 heavy (non-hydrogen) atoms. The second kappa shape index (κ2) is 11.7. The third kappa shape index (κ3) is 6.23. The number of carboxylic acid groups (broad SMARTS) is 1. The number of hydrogen-bond acceptors (Lipinski definition) is 4. The number of aryl methyl sites for hydroxylation is 1. The van der Waals surface area contributed by atoms with Crippen molar-refractivity contribution in [2.45, 2.75) is 56.2 Å². The smallest absolute Gasteiger partial charge is 0.430 e. The first-order chi connectivity index (χ1) is 19.6. The molecule has 3 aromatic rings. The van der Waals surface area contributed by atoms with Crippen LogP contribution in [0.25, 0.3) is 0 Å². The average molecular weight is 596 g/mol. The molecule has 224 valence electrons. The molecule has 0 aliphatic carbocycles. The van der Waals surface area contributed by atoms with Gasteiger partial charge in [-0.05, 0) is 54.7 Å². The fraction of sp³-hybridized carbons (Fsp3) is 0.333. The maximum atomic E-state index is 13.8. The molecule has 0 saturated carbocycles. The number of aliphatic carboxylic acids is 1. The van der Waals surface area contributed by atoms with Crippen LogP contribution >= 0.6 is 0 Å². The number of anilines is 1. The van der Waals surface area contributed by atoms with E-state index in [0.29, 0.717) is 29.0 Å². The van der Waals surface area contributed by atoms with E-state index >= 15 is 0 Å². The quantitative estimate of drug-likeness (QED) is 0.320. The van der Waals surface area contributed by atoms with Crippen LogP contribution in [0.15, 0.2) is 72.8 Å². The molecule has 0 aromatic heterocycles. The van der Waals surface area contributed by atoms with Crippen molar-refractivity contribution in [3.8, 4) is 5.75 Å². The van der Waals surface area contributed by atoms with Gasteiger partial charge in [0.2, 0.25) is 5.91 Å². The largest absolute Gasteiger partial charge is 0.489 e. The molecule has 2 N–H and O–H groups in total. The first-order valence-electron chi connectivity index (χ1n) is 12.9. The summed E-state index contributed by atoms with van der Waals surface area (Å²) in [5.74, 6) is -1.85. The number of carboxylic acids is 1. The van der Waals surface area contributed by atoms with E-state index in [-0.39, 0.29) is 37.1 Å². The van der Waals surface area contributed by atoms with E-state index in [9.17, 15) is 41.0 Å². The van der Waals surface area contributed by atoms with E-state index in [2.05, 4.69) is 0 Å². The molecule has 1 heterocycles. The van der Waals surface area contributed by atoms with Gasteiger partial charge in [-0.3, -0.25) is 9.59 Å². The lowest BCUT2D eigenvalue weighted by Gasteiger charge is -2.34. The lowest BCUT2D eigenvalue weighted by Crippen LogP contribution is -2.54. The normalized spacial score (nSPS) is 16.8. The van der Waals surface area contributed by atoms with E-state index in [1.807, 2.05) is 0 Å². The molecule has 3 aromatic carbocycles. The van der Waals surface area contributed by atoms with E-state index < -0.39 is 47.4 Å². The second-order valence-electron chi connectivity index (χ2n) is 10.1. The molecule has 0 unspecified atom stereocenters. The van der Waals surface area contributed by atoms with Crippen molar-refractivity contribution in [2.24, 2.45) is 0 Å². The van der Waals surface area contributed by atoms with Crippen molar-refractivity contribution in [3.05, 3.63) is 95.1 Å². The predicted molar refractivity (Wildman–Crippen MR) is 140 cm³/mol. The third-order valence-corrected chi connectivity index (χ3v) is 7.25. The van der Waals surface area contributed by atoms with Crippen LogP contribution in [0, 0.1) is 0 Å². The van der Waals surface area contributed by atoms with Gasteiger partial charge in [0, 0.05) is 11.3 Å². The Morgan fingerprint density at radius 2 is 1.57 bits per heavy atom. The fourth-order valence-corrected chi connectivity index (χ4v) is 4.95. The monoisotopic (exact) mass is 595 g/mol. The number of rotatable bonds is 7. The molecule has 2 atom stereocenters. The highest BCUT2D eigenvalue weighted by molar-refractivity contribution is 5.98. The van der Waals surface area contributed by atoms with Crippen LogP contribution in [0.4, 0.5) is 32.0 Å². The molecular formula is C30H27F6NO5. The zero-order valence-electron chi connectivity index (χ0n) is 22.2. The van der Waals surface area contributed by atoms with Crippen LogP contribution < -0.4 is 9.64 Å². The molecule has 1 aliphatic rings. The molecular weight excluding hydrogens is 568 g/mol. The van der Waals surface area contributed by atoms with Crippen LogP contribution in [-0.4, -0.2) is 47.1 Å². The number of nitrogens with zero attached hydrogens (tertiary/aromatic N) is 1. The first-order valence-corrected chi connectivity index (χ1v) is 12.9. The molecule has 0 bridgehead atoms. The molecule has 1 aliphatic heterocycles. The number of halogens is 6. The maximum Gasteiger partial charge on any atom is 0.430 e. The Kier molecular flexibility index (Phi) is 8.58. The highest BCUT2D eigenvalue weighted by atomic mass is 19.4. The second-order valence-corrected chi connectivity index (χ2v) is 10.1. The summed E-state index contributed by atoms with van der Waals surface area (Å²) in [7, 11) is 0. The summed E-state index contributed by atoms with van der Waals surface area (Å²) < 4.78 is 87.7. The van der Waals surface area contributed by atoms with Crippen LogP contribution in [0.5, 0.6) is 5.75 Å².